The van der Waals surface area contributed by atoms with Crippen molar-refractivity contribution in [3.63, 3.8) is 0 Å². The summed E-state index contributed by atoms with van der Waals surface area (Å²) in [5, 5.41) is 8.35. The SMILES string of the molecule is C/C=C/CCCCCCCCCCC#N. The summed E-state index contributed by atoms with van der Waals surface area (Å²) in [5.41, 5.74) is 0. The van der Waals surface area contributed by atoms with Gasteiger partial charge in [0.1, 0.15) is 0 Å². The predicted molar refractivity (Wildman–Crippen MR) is 66.6 cm³/mol. The second kappa shape index (κ2) is 13.2. The molecule has 15 heavy (non-hydrogen) atoms. The van der Waals surface area contributed by atoms with Crippen LogP contribution < -0.4 is 0 Å². The van der Waals surface area contributed by atoms with Crippen LogP contribution in [0.2, 0.25) is 0 Å². The topological polar surface area (TPSA) is 23.8 Å². The first-order chi connectivity index (χ1) is 7.41. The molecule has 0 unspecified atom stereocenters. The van der Waals surface area contributed by atoms with Crippen LogP contribution in [0.25, 0.3) is 0 Å². The maximum absolute atomic E-state index is 8.35. The first-order valence-corrected chi connectivity index (χ1v) is 6.40. The maximum atomic E-state index is 8.35. The maximum Gasteiger partial charge on any atom is 0.0621 e. The highest BCUT2D eigenvalue weighted by atomic mass is 14.2. The monoisotopic (exact) mass is 207 g/mol. The third-order valence-electron chi connectivity index (χ3n) is 2.65. The number of rotatable bonds is 10. The van der Waals surface area contributed by atoms with Crippen molar-refractivity contribution in [2.45, 2.75) is 71.1 Å². The zero-order valence-electron chi connectivity index (χ0n) is 10.2. The molecule has 86 valence electrons. The van der Waals surface area contributed by atoms with E-state index in [1.165, 1.54) is 51.4 Å². The van der Waals surface area contributed by atoms with Gasteiger partial charge >= 0.3 is 0 Å². The van der Waals surface area contributed by atoms with Gasteiger partial charge < -0.3 is 0 Å². The second-order valence-corrected chi connectivity index (χ2v) is 4.09. The van der Waals surface area contributed by atoms with Gasteiger partial charge in [-0.25, -0.2) is 0 Å². The van der Waals surface area contributed by atoms with E-state index < -0.39 is 0 Å². The van der Waals surface area contributed by atoms with E-state index in [1.54, 1.807) is 0 Å². The molecule has 0 aliphatic heterocycles. The van der Waals surface area contributed by atoms with Gasteiger partial charge in [-0.2, -0.15) is 5.26 Å². The van der Waals surface area contributed by atoms with Gasteiger partial charge in [0.25, 0.3) is 0 Å². The standard InChI is InChI=1S/C14H25N/c1-2-3-4-5-6-7-8-9-10-11-12-13-14-15/h2-3H,4-13H2,1H3/b3-2+. The lowest BCUT2D eigenvalue weighted by atomic mass is 10.1. The van der Waals surface area contributed by atoms with Gasteiger partial charge in [0.05, 0.1) is 6.07 Å². The average molecular weight is 207 g/mol. The zero-order valence-corrected chi connectivity index (χ0v) is 10.2. The molecule has 0 aromatic carbocycles. The fourth-order valence-corrected chi connectivity index (χ4v) is 1.69. The highest BCUT2D eigenvalue weighted by Gasteiger charge is 1.91. The van der Waals surface area contributed by atoms with E-state index in [2.05, 4.69) is 25.1 Å². The summed E-state index contributed by atoms with van der Waals surface area (Å²) in [5.74, 6) is 0. The van der Waals surface area contributed by atoms with Crippen molar-refractivity contribution in [3.05, 3.63) is 12.2 Å². The first-order valence-electron chi connectivity index (χ1n) is 6.40. The molecule has 0 amide bonds. The lowest BCUT2D eigenvalue weighted by Crippen LogP contribution is -1.80. The van der Waals surface area contributed by atoms with Crippen molar-refractivity contribution in [1.82, 2.24) is 0 Å². The number of allylic oxidation sites excluding steroid dienone is 2. The number of nitriles is 1. The largest absolute Gasteiger partial charge is 0.198 e. The van der Waals surface area contributed by atoms with Crippen LogP contribution in [-0.4, -0.2) is 0 Å². The molecular weight excluding hydrogens is 182 g/mol. The number of nitrogens with zero attached hydrogens (tertiary/aromatic N) is 1. The summed E-state index contributed by atoms with van der Waals surface area (Å²) in [4.78, 5) is 0. The minimum absolute atomic E-state index is 0.739. The summed E-state index contributed by atoms with van der Waals surface area (Å²) >= 11 is 0. The first kappa shape index (κ1) is 14.2. The molecule has 0 atom stereocenters. The van der Waals surface area contributed by atoms with Crippen molar-refractivity contribution in [1.29, 1.82) is 5.26 Å². The van der Waals surface area contributed by atoms with E-state index in [1.807, 2.05) is 0 Å². The van der Waals surface area contributed by atoms with Crippen LogP contribution >= 0.6 is 0 Å². The Morgan fingerprint density at radius 3 is 1.93 bits per heavy atom. The molecule has 0 aliphatic carbocycles. The molecule has 0 N–H and O–H groups in total. The third kappa shape index (κ3) is 13.2. The Morgan fingerprint density at radius 1 is 0.867 bits per heavy atom. The van der Waals surface area contributed by atoms with E-state index in [4.69, 9.17) is 5.26 Å². The molecule has 0 saturated carbocycles. The van der Waals surface area contributed by atoms with Crippen LogP contribution in [-0.2, 0) is 0 Å². The van der Waals surface area contributed by atoms with Crippen LogP contribution in [0.15, 0.2) is 12.2 Å². The Bertz CT molecular complexity index is 176. The van der Waals surface area contributed by atoms with E-state index in [0.29, 0.717) is 0 Å². The number of hydrogen-bond acceptors (Lipinski definition) is 1. The molecule has 0 heterocycles. The third-order valence-corrected chi connectivity index (χ3v) is 2.65. The Labute approximate surface area is 95.2 Å². The molecule has 1 nitrogen and oxygen atoms in total. The molecule has 0 rings (SSSR count). The molecule has 0 radical (unpaired) electrons. The molecule has 0 aromatic rings. The molecule has 0 saturated heterocycles. The zero-order chi connectivity index (χ0) is 11.2. The Balaban J connectivity index is 2.90. The normalized spacial score (nSPS) is 10.7. The van der Waals surface area contributed by atoms with E-state index in [9.17, 15) is 0 Å². The van der Waals surface area contributed by atoms with Crippen LogP contribution in [0, 0.1) is 11.3 Å². The van der Waals surface area contributed by atoms with Gasteiger partial charge in [0.2, 0.25) is 0 Å². The van der Waals surface area contributed by atoms with Crippen molar-refractivity contribution in [2.24, 2.45) is 0 Å². The molecule has 1 heteroatoms. The Morgan fingerprint density at radius 2 is 1.40 bits per heavy atom. The minimum Gasteiger partial charge on any atom is -0.198 e. The summed E-state index contributed by atoms with van der Waals surface area (Å²) in [7, 11) is 0. The van der Waals surface area contributed by atoms with Crippen LogP contribution in [0.3, 0.4) is 0 Å². The highest BCUT2D eigenvalue weighted by molar-refractivity contribution is 4.76. The van der Waals surface area contributed by atoms with Gasteiger partial charge in [0, 0.05) is 6.42 Å². The highest BCUT2D eigenvalue weighted by Crippen LogP contribution is 2.10. The lowest BCUT2D eigenvalue weighted by molar-refractivity contribution is 0.572. The lowest BCUT2D eigenvalue weighted by Gasteiger charge is -2.00. The predicted octanol–water partition coefficient (Wildman–Crippen LogP) is 4.99. The van der Waals surface area contributed by atoms with Gasteiger partial charge in [-0.3, -0.25) is 0 Å². The average Bonchev–Trinajstić information content (AvgIpc) is 2.26. The summed E-state index contributed by atoms with van der Waals surface area (Å²) in [6.07, 6.45) is 16.9. The Hall–Kier alpha value is -0.770. The van der Waals surface area contributed by atoms with E-state index in [0.717, 1.165) is 12.8 Å². The van der Waals surface area contributed by atoms with Gasteiger partial charge in [-0.1, -0.05) is 50.7 Å². The molecule has 0 bridgehead atoms. The van der Waals surface area contributed by atoms with E-state index in [-0.39, 0.29) is 0 Å². The molecule has 0 spiro atoms. The van der Waals surface area contributed by atoms with Gasteiger partial charge in [0.15, 0.2) is 0 Å². The van der Waals surface area contributed by atoms with Crippen LogP contribution in [0.4, 0.5) is 0 Å². The Kier molecular flexibility index (Phi) is 12.6. The molecule has 0 fully saturated rings. The second-order valence-electron chi connectivity index (χ2n) is 4.09. The van der Waals surface area contributed by atoms with Crippen LogP contribution in [0.5, 0.6) is 0 Å². The fraction of sp³-hybridized carbons (Fsp3) is 0.786. The van der Waals surface area contributed by atoms with Crippen molar-refractivity contribution in [3.8, 4) is 6.07 Å². The molecule has 0 aromatic heterocycles. The summed E-state index contributed by atoms with van der Waals surface area (Å²) in [6, 6.07) is 2.19. The van der Waals surface area contributed by atoms with Gasteiger partial charge in [-0.15, -0.1) is 0 Å². The molecule has 0 aliphatic rings. The van der Waals surface area contributed by atoms with Crippen molar-refractivity contribution >= 4 is 0 Å². The van der Waals surface area contributed by atoms with Crippen molar-refractivity contribution < 1.29 is 0 Å². The molecular formula is C14H25N. The van der Waals surface area contributed by atoms with Crippen LogP contribution in [0.1, 0.15) is 71.1 Å². The number of unbranched alkanes of at least 4 members (excludes halogenated alkanes) is 9. The smallest absolute Gasteiger partial charge is 0.0621 e. The fourth-order valence-electron chi connectivity index (χ4n) is 1.69. The minimum atomic E-state index is 0.739. The quantitative estimate of drug-likeness (QED) is 0.366. The van der Waals surface area contributed by atoms with E-state index >= 15 is 0 Å². The summed E-state index contributed by atoms with van der Waals surface area (Å²) < 4.78 is 0. The van der Waals surface area contributed by atoms with Gasteiger partial charge in [-0.05, 0) is 26.2 Å². The summed E-state index contributed by atoms with van der Waals surface area (Å²) in [6.45, 7) is 2.08. The van der Waals surface area contributed by atoms with Crippen molar-refractivity contribution in [2.75, 3.05) is 0 Å². The number of hydrogen-bond donors (Lipinski definition) is 0.